The maximum absolute atomic E-state index is 12.9. The van der Waals surface area contributed by atoms with E-state index in [2.05, 4.69) is 154 Å². The monoisotopic (exact) mass is 1150 g/mol. The van der Waals surface area contributed by atoms with Crippen LogP contribution in [0.15, 0.2) is 134 Å². The van der Waals surface area contributed by atoms with Gasteiger partial charge in [0.2, 0.25) is 0 Å². The Balaban J connectivity index is 4.28. The number of ether oxygens (including phenoxy) is 3. The molecule has 0 spiro atoms. The minimum Gasteiger partial charge on any atom is -0.462 e. The average molecular weight is 1150 g/mol. The molecular formula is C77H128O6. The molecule has 0 aromatic heterocycles. The zero-order valence-corrected chi connectivity index (χ0v) is 54.2. The van der Waals surface area contributed by atoms with Crippen molar-refractivity contribution in [2.45, 2.75) is 322 Å². The molecule has 0 fully saturated rings. The van der Waals surface area contributed by atoms with Gasteiger partial charge in [-0.25, -0.2) is 0 Å². The van der Waals surface area contributed by atoms with Gasteiger partial charge in [-0.05, 0) is 122 Å². The standard InChI is InChI=1S/C77H128O6/c1-4-7-10-13-16-19-21-23-25-27-29-31-33-35-36-37-38-39-40-42-43-45-47-49-51-53-55-58-61-64-67-70-76(79)82-73-74(72-81-75(78)69-66-63-60-57-18-15-12-9-6-3)83-77(80)71-68-65-62-59-56-54-52-50-48-46-44-41-34-32-30-28-26-24-22-20-17-14-11-8-5-2/h7,10,16,19,22-25,28-31,35-36,38-39,42-43,47,49,53,55,74H,4-6,8-9,11-15,17-18,20-21,26-27,32-34,37,40-41,44-46,48,50-52,54,56-73H2,1-3H3/b10-7-,19-16-,24-22-,25-23-,30-28-,31-29-,36-35-,39-38-,43-42-,49-47-,55-53-. The van der Waals surface area contributed by atoms with Crippen LogP contribution in [0.5, 0.6) is 0 Å². The van der Waals surface area contributed by atoms with Crippen molar-refractivity contribution in [1.29, 1.82) is 0 Å². The van der Waals surface area contributed by atoms with Crippen LogP contribution in [0.1, 0.15) is 316 Å². The highest BCUT2D eigenvalue weighted by atomic mass is 16.6. The Bertz CT molecular complexity index is 1750. The maximum Gasteiger partial charge on any atom is 0.306 e. The van der Waals surface area contributed by atoms with E-state index >= 15 is 0 Å². The fourth-order valence-electron chi connectivity index (χ4n) is 9.47. The van der Waals surface area contributed by atoms with Crippen molar-refractivity contribution in [3.63, 3.8) is 0 Å². The number of rotatable bonds is 62. The van der Waals surface area contributed by atoms with Crippen LogP contribution in [0.25, 0.3) is 0 Å². The second-order valence-corrected chi connectivity index (χ2v) is 22.7. The van der Waals surface area contributed by atoms with Crippen molar-refractivity contribution in [2.24, 2.45) is 0 Å². The molecule has 0 amide bonds. The lowest BCUT2D eigenvalue weighted by molar-refractivity contribution is -0.167. The number of hydrogen-bond acceptors (Lipinski definition) is 6. The van der Waals surface area contributed by atoms with Gasteiger partial charge in [0.25, 0.3) is 0 Å². The first kappa shape index (κ1) is 78.5. The molecule has 0 saturated heterocycles. The summed E-state index contributed by atoms with van der Waals surface area (Å²) in [4.78, 5) is 38.3. The van der Waals surface area contributed by atoms with Crippen molar-refractivity contribution in [3.8, 4) is 0 Å². The number of allylic oxidation sites excluding steroid dienone is 22. The van der Waals surface area contributed by atoms with Crippen LogP contribution in [-0.4, -0.2) is 37.2 Å². The molecule has 0 rings (SSSR count). The van der Waals surface area contributed by atoms with Gasteiger partial charge in [0.15, 0.2) is 6.10 Å². The van der Waals surface area contributed by atoms with Crippen molar-refractivity contribution < 1.29 is 28.6 Å². The van der Waals surface area contributed by atoms with E-state index in [1.165, 1.54) is 148 Å². The highest BCUT2D eigenvalue weighted by Crippen LogP contribution is 2.16. The first-order valence-electron chi connectivity index (χ1n) is 34.7. The first-order chi connectivity index (χ1) is 41.0. The number of carbonyl (C=O) groups excluding carboxylic acids is 3. The zero-order chi connectivity index (χ0) is 59.9. The summed E-state index contributed by atoms with van der Waals surface area (Å²) in [5.41, 5.74) is 0. The van der Waals surface area contributed by atoms with Crippen molar-refractivity contribution >= 4 is 17.9 Å². The lowest BCUT2D eigenvalue weighted by atomic mass is 10.0. The highest BCUT2D eigenvalue weighted by molar-refractivity contribution is 5.71. The molecule has 472 valence electrons. The lowest BCUT2D eigenvalue weighted by Gasteiger charge is -2.18. The molecule has 1 unspecified atom stereocenters. The summed E-state index contributed by atoms with van der Waals surface area (Å²) in [5, 5.41) is 0. The van der Waals surface area contributed by atoms with Crippen LogP contribution in [0.3, 0.4) is 0 Å². The van der Waals surface area contributed by atoms with Crippen LogP contribution in [-0.2, 0) is 28.6 Å². The third kappa shape index (κ3) is 68.2. The number of hydrogen-bond donors (Lipinski definition) is 0. The van der Waals surface area contributed by atoms with Crippen molar-refractivity contribution in [3.05, 3.63) is 134 Å². The molecule has 0 N–H and O–H groups in total. The third-order valence-corrected chi connectivity index (χ3v) is 14.6. The summed E-state index contributed by atoms with van der Waals surface area (Å²) in [5.74, 6) is -0.921. The van der Waals surface area contributed by atoms with Gasteiger partial charge in [-0.1, -0.05) is 309 Å². The molecule has 6 heteroatoms. The van der Waals surface area contributed by atoms with Gasteiger partial charge in [0, 0.05) is 19.3 Å². The third-order valence-electron chi connectivity index (χ3n) is 14.6. The Labute approximate surface area is 513 Å². The molecule has 6 nitrogen and oxygen atoms in total. The van der Waals surface area contributed by atoms with Gasteiger partial charge >= 0.3 is 17.9 Å². The number of esters is 3. The largest absolute Gasteiger partial charge is 0.462 e. The van der Waals surface area contributed by atoms with E-state index in [-0.39, 0.29) is 31.1 Å². The van der Waals surface area contributed by atoms with E-state index in [9.17, 15) is 14.4 Å². The number of carbonyl (C=O) groups is 3. The maximum atomic E-state index is 12.9. The summed E-state index contributed by atoms with van der Waals surface area (Å²) in [6, 6.07) is 0. The van der Waals surface area contributed by atoms with E-state index in [0.29, 0.717) is 19.3 Å². The predicted octanol–water partition coefficient (Wildman–Crippen LogP) is 24.1. The van der Waals surface area contributed by atoms with Gasteiger partial charge < -0.3 is 14.2 Å². The van der Waals surface area contributed by atoms with Crippen LogP contribution in [0.4, 0.5) is 0 Å². The molecular weight excluding hydrogens is 1020 g/mol. The Kier molecular flexibility index (Phi) is 66.3. The summed E-state index contributed by atoms with van der Waals surface area (Å²) in [7, 11) is 0. The summed E-state index contributed by atoms with van der Waals surface area (Å²) < 4.78 is 16.9. The van der Waals surface area contributed by atoms with E-state index in [0.717, 1.165) is 128 Å². The summed E-state index contributed by atoms with van der Waals surface area (Å²) in [6.45, 7) is 6.49. The molecule has 0 aromatic carbocycles. The molecule has 0 aliphatic carbocycles. The Morgan fingerprint density at radius 3 is 0.747 bits per heavy atom. The molecule has 0 aliphatic rings. The van der Waals surface area contributed by atoms with Gasteiger partial charge in [-0.3, -0.25) is 14.4 Å². The predicted molar refractivity (Wildman–Crippen MR) is 362 cm³/mol. The summed E-state index contributed by atoms with van der Waals surface area (Å²) in [6.07, 6.45) is 99.1. The first-order valence-corrected chi connectivity index (χ1v) is 34.7. The second kappa shape index (κ2) is 70.0. The van der Waals surface area contributed by atoms with E-state index in [4.69, 9.17) is 14.2 Å². The normalized spacial score (nSPS) is 13.0. The van der Waals surface area contributed by atoms with Gasteiger partial charge in [-0.15, -0.1) is 0 Å². The molecule has 0 aliphatic heterocycles. The fraction of sp³-hybridized carbons (Fsp3) is 0.675. The average Bonchev–Trinajstić information content (AvgIpc) is 3.49. The van der Waals surface area contributed by atoms with Crippen LogP contribution < -0.4 is 0 Å². The summed E-state index contributed by atoms with van der Waals surface area (Å²) >= 11 is 0. The molecule has 0 heterocycles. The molecule has 0 saturated carbocycles. The van der Waals surface area contributed by atoms with Gasteiger partial charge in [0.1, 0.15) is 13.2 Å². The second-order valence-electron chi connectivity index (χ2n) is 22.7. The zero-order valence-electron chi connectivity index (χ0n) is 54.2. The molecule has 0 bridgehead atoms. The van der Waals surface area contributed by atoms with Crippen LogP contribution in [0, 0.1) is 0 Å². The fourth-order valence-corrected chi connectivity index (χ4v) is 9.47. The topological polar surface area (TPSA) is 78.9 Å². The van der Waals surface area contributed by atoms with Crippen molar-refractivity contribution in [2.75, 3.05) is 13.2 Å². The van der Waals surface area contributed by atoms with E-state index in [1.54, 1.807) is 0 Å². The molecule has 1 atom stereocenters. The van der Waals surface area contributed by atoms with Crippen molar-refractivity contribution in [1.82, 2.24) is 0 Å². The minimum atomic E-state index is -0.795. The lowest BCUT2D eigenvalue weighted by Crippen LogP contribution is -2.30. The molecule has 0 aromatic rings. The Morgan fingerprint density at radius 1 is 0.253 bits per heavy atom. The minimum absolute atomic E-state index is 0.0895. The molecule has 0 radical (unpaired) electrons. The highest BCUT2D eigenvalue weighted by Gasteiger charge is 2.19. The quantitative estimate of drug-likeness (QED) is 0.0261. The van der Waals surface area contributed by atoms with E-state index < -0.39 is 6.10 Å². The van der Waals surface area contributed by atoms with Crippen LogP contribution in [0.2, 0.25) is 0 Å². The van der Waals surface area contributed by atoms with Gasteiger partial charge in [-0.2, -0.15) is 0 Å². The van der Waals surface area contributed by atoms with Crippen LogP contribution >= 0.6 is 0 Å². The number of unbranched alkanes of at least 4 members (excludes halogenated alkanes) is 29. The molecule has 83 heavy (non-hydrogen) atoms. The SMILES string of the molecule is CC/C=C\C/C=C\C/C=C\C/C=C\C/C=C\C/C=C\C/C=C\C/C=C\C/C=C\CCCCCC(=O)OCC(COC(=O)CCCCCCCCCCC)OC(=O)CCCCCCCCCCCCCCC/C=C\C/C=C\CCCCCCC. The Hall–Kier alpha value is -4.45. The van der Waals surface area contributed by atoms with E-state index in [1.807, 2.05) is 0 Å². The Morgan fingerprint density at radius 2 is 0.470 bits per heavy atom. The van der Waals surface area contributed by atoms with Gasteiger partial charge in [0.05, 0.1) is 0 Å². The smallest absolute Gasteiger partial charge is 0.306 e.